The van der Waals surface area contributed by atoms with Gasteiger partial charge in [-0.1, -0.05) is 16.7 Å². The first-order chi connectivity index (χ1) is 9.82. The van der Waals surface area contributed by atoms with Crippen molar-refractivity contribution in [2.24, 2.45) is 7.05 Å². The lowest BCUT2D eigenvalue weighted by atomic mass is 10.3. The molecule has 2 aromatic rings. The number of halogens is 2. The predicted molar refractivity (Wildman–Crippen MR) is 77.0 cm³/mol. The molecule has 0 saturated carbocycles. The van der Waals surface area contributed by atoms with Gasteiger partial charge in [0.25, 0.3) is 5.91 Å². The van der Waals surface area contributed by atoms with Crippen LogP contribution in [0.15, 0.2) is 10.7 Å². The van der Waals surface area contributed by atoms with Crippen LogP contribution in [0.3, 0.4) is 0 Å². The number of aromatic amines is 1. The number of carbonyl (C=O) groups excluding carboxylic acids is 1. The van der Waals surface area contributed by atoms with E-state index in [-0.39, 0.29) is 17.3 Å². The summed E-state index contributed by atoms with van der Waals surface area (Å²) in [5.41, 5.74) is 0.580. The predicted octanol–water partition coefficient (Wildman–Crippen LogP) is 1.74. The standard InChI is InChI=1S/C10H10BrClN6O3/c1-16(4-6-5(11)3-13-17(6)2)10(19)8-7(12)9(15-14-8)18(20)21/h3H,4H2,1-2H3,(H,14,15). The maximum Gasteiger partial charge on any atom is 0.362 e. The Morgan fingerprint density at radius 2 is 2.33 bits per heavy atom. The third-order valence-electron chi connectivity index (χ3n) is 2.82. The maximum absolute atomic E-state index is 12.2. The summed E-state index contributed by atoms with van der Waals surface area (Å²) in [6.45, 7) is 0.243. The van der Waals surface area contributed by atoms with E-state index in [1.165, 1.54) is 4.90 Å². The highest BCUT2D eigenvalue weighted by atomic mass is 79.9. The third kappa shape index (κ3) is 2.90. The van der Waals surface area contributed by atoms with Crippen LogP contribution < -0.4 is 0 Å². The lowest BCUT2D eigenvalue weighted by Gasteiger charge is -2.16. The number of hydrogen-bond acceptors (Lipinski definition) is 5. The van der Waals surface area contributed by atoms with E-state index in [1.54, 1.807) is 25.0 Å². The van der Waals surface area contributed by atoms with Gasteiger partial charge in [-0.05, 0) is 20.9 Å². The van der Waals surface area contributed by atoms with Gasteiger partial charge in [0.15, 0.2) is 10.7 Å². The smallest absolute Gasteiger partial charge is 0.358 e. The van der Waals surface area contributed by atoms with Gasteiger partial charge in [0.1, 0.15) is 0 Å². The van der Waals surface area contributed by atoms with Crippen LogP contribution in [-0.2, 0) is 13.6 Å². The van der Waals surface area contributed by atoms with Gasteiger partial charge in [-0.25, -0.2) is 0 Å². The first kappa shape index (κ1) is 15.4. The van der Waals surface area contributed by atoms with Crippen molar-refractivity contribution in [3.8, 4) is 0 Å². The number of amides is 1. The minimum Gasteiger partial charge on any atom is -0.358 e. The zero-order valence-corrected chi connectivity index (χ0v) is 13.3. The monoisotopic (exact) mass is 376 g/mol. The van der Waals surface area contributed by atoms with E-state index in [1.807, 2.05) is 0 Å². The lowest BCUT2D eigenvalue weighted by Crippen LogP contribution is -2.28. The molecule has 0 spiro atoms. The number of carbonyl (C=O) groups is 1. The van der Waals surface area contributed by atoms with Crippen LogP contribution in [-0.4, -0.2) is 42.8 Å². The number of nitro groups is 1. The van der Waals surface area contributed by atoms with E-state index in [4.69, 9.17) is 11.6 Å². The summed E-state index contributed by atoms with van der Waals surface area (Å²) in [5, 5.41) is 20.2. The fraction of sp³-hybridized carbons (Fsp3) is 0.300. The van der Waals surface area contributed by atoms with Gasteiger partial charge in [0, 0.05) is 14.1 Å². The highest BCUT2D eigenvalue weighted by Gasteiger charge is 2.27. The molecule has 0 aliphatic rings. The molecule has 11 heteroatoms. The van der Waals surface area contributed by atoms with Gasteiger partial charge in [0.05, 0.1) is 22.9 Å². The van der Waals surface area contributed by atoms with Crippen LogP contribution in [0.4, 0.5) is 5.82 Å². The van der Waals surface area contributed by atoms with Crippen LogP contribution >= 0.6 is 27.5 Å². The van der Waals surface area contributed by atoms with Crippen molar-refractivity contribution in [3.05, 3.63) is 37.2 Å². The molecule has 0 unspecified atom stereocenters. The van der Waals surface area contributed by atoms with E-state index in [9.17, 15) is 14.9 Å². The molecule has 21 heavy (non-hydrogen) atoms. The second-order valence-electron chi connectivity index (χ2n) is 4.22. The SMILES string of the molecule is CN(Cc1c(Br)cnn1C)C(=O)c1n[nH]c([N+](=O)[O-])c1Cl. The lowest BCUT2D eigenvalue weighted by molar-refractivity contribution is -0.389. The Morgan fingerprint density at radius 1 is 1.67 bits per heavy atom. The zero-order chi connectivity index (χ0) is 15.7. The van der Waals surface area contributed by atoms with Crippen molar-refractivity contribution >= 4 is 39.3 Å². The normalized spacial score (nSPS) is 10.7. The summed E-state index contributed by atoms with van der Waals surface area (Å²) in [6.07, 6.45) is 1.61. The number of aromatic nitrogens is 4. The fourth-order valence-corrected chi connectivity index (χ4v) is 2.38. The Morgan fingerprint density at radius 3 is 2.81 bits per heavy atom. The van der Waals surface area contributed by atoms with Crippen molar-refractivity contribution in [3.63, 3.8) is 0 Å². The van der Waals surface area contributed by atoms with Crippen molar-refractivity contribution in [2.45, 2.75) is 6.54 Å². The first-order valence-electron chi connectivity index (χ1n) is 5.63. The molecule has 0 radical (unpaired) electrons. The van der Waals surface area contributed by atoms with Gasteiger partial charge in [-0.3, -0.25) is 9.48 Å². The second kappa shape index (κ2) is 5.82. The topological polar surface area (TPSA) is 110 Å². The van der Waals surface area contributed by atoms with Gasteiger partial charge >= 0.3 is 5.82 Å². The summed E-state index contributed by atoms with van der Waals surface area (Å²) in [6, 6.07) is 0. The van der Waals surface area contributed by atoms with Crippen LogP contribution in [0.1, 0.15) is 16.2 Å². The zero-order valence-electron chi connectivity index (χ0n) is 11.0. The Labute approximate surface area is 132 Å². The van der Waals surface area contributed by atoms with E-state index in [0.717, 1.165) is 10.2 Å². The van der Waals surface area contributed by atoms with Crippen molar-refractivity contribution in [1.29, 1.82) is 0 Å². The number of rotatable bonds is 4. The Hall–Kier alpha value is -1.94. The molecule has 0 aromatic carbocycles. The molecule has 2 aromatic heterocycles. The third-order valence-corrected chi connectivity index (χ3v) is 3.84. The van der Waals surface area contributed by atoms with Crippen LogP contribution in [0.2, 0.25) is 5.02 Å². The summed E-state index contributed by atoms with van der Waals surface area (Å²) in [5.74, 6) is -1.03. The fourth-order valence-electron chi connectivity index (χ4n) is 1.67. The largest absolute Gasteiger partial charge is 0.362 e. The molecule has 2 rings (SSSR count). The Balaban J connectivity index is 2.22. The number of nitrogens with zero attached hydrogens (tertiary/aromatic N) is 5. The van der Waals surface area contributed by atoms with Crippen molar-refractivity contribution in [2.75, 3.05) is 7.05 Å². The van der Waals surface area contributed by atoms with E-state index < -0.39 is 16.6 Å². The molecule has 2 heterocycles. The van der Waals surface area contributed by atoms with Gasteiger partial charge in [-0.15, -0.1) is 5.10 Å². The minimum absolute atomic E-state index is 0.191. The molecule has 9 nitrogen and oxygen atoms in total. The van der Waals surface area contributed by atoms with Crippen molar-refractivity contribution in [1.82, 2.24) is 24.9 Å². The van der Waals surface area contributed by atoms with E-state index in [2.05, 4.69) is 31.2 Å². The van der Waals surface area contributed by atoms with Crippen LogP contribution in [0.25, 0.3) is 0 Å². The summed E-state index contributed by atoms with van der Waals surface area (Å²) < 4.78 is 2.37. The molecule has 0 aliphatic carbocycles. The Kier molecular flexibility index (Phi) is 4.28. The summed E-state index contributed by atoms with van der Waals surface area (Å²) >= 11 is 9.12. The quantitative estimate of drug-likeness (QED) is 0.644. The maximum atomic E-state index is 12.2. The van der Waals surface area contributed by atoms with E-state index >= 15 is 0 Å². The van der Waals surface area contributed by atoms with Crippen molar-refractivity contribution < 1.29 is 9.72 Å². The Bertz CT molecular complexity index is 692. The summed E-state index contributed by atoms with van der Waals surface area (Å²) in [7, 11) is 3.28. The molecule has 0 aliphatic heterocycles. The van der Waals surface area contributed by atoms with Gasteiger partial charge in [-0.2, -0.15) is 5.10 Å². The average molecular weight is 378 g/mol. The molecular weight excluding hydrogens is 368 g/mol. The van der Waals surface area contributed by atoms with Crippen LogP contribution in [0, 0.1) is 10.1 Å². The molecule has 0 saturated heterocycles. The molecule has 0 atom stereocenters. The average Bonchev–Trinajstić information content (AvgIpc) is 2.95. The molecule has 1 N–H and O–H groups in total. The number of aryl methyl sites for hydroxylation is 1. The molecule has 0 fully saturated rings. The van der Waals surface area contributed by atoms with Crippen LogP contribution in [0.5, 0.6) is 0 Å². The van der Waals surface area contributed by atoms with Gasteiger partial charge in [0.2, 0.25) is 0 Å². The first-order valence-corrected chi connectivity index (χ1v) is 6.80. The number of nitrogens with one attached hydrogen (secondary N) is 1. The molecular formula is C10H10BrClN6O3. The summed E-state index contributed by atoms with van der Waals surface area (Å²) in [4.78, 5) is 23.5. The number of hydrogen-bond donors (Lipinski definition) is 1. The highest BCUT2D eigenvalue weighted by molar-refractivity contribution is 9.10. The molecule has 112 valence electrons. The van der Waals surface area contributed by atoms with Gasteiger partial charge < -0.3 is 15.0 Å². The highest BCUT2D eigenvalue weighted by Crippen LogP contribution is 2.26. The molecule has 0 bridgehead atoms. The second-order valence-corrected chi connectivity index (χ2v) is 5.45. The van der Waals surface area contributed by atoms with E-state index in [0.29, 0.717) is 0 Å². The minimum atomic E-state index is -0.732. The molecule has 1 amide bonds. The number of H-pyrrole nitrogens is 1.